The lowest BCUT2D eigenvalue weighted by atomic mass is 9.74. The molecule has 2 amide bonds. The van der Waals surface area contributed by atoms with E-state index >= 15 is 0 Å². The lowest BCUT2D eigenvalue weighted by Gasteiger charge is -2.40. The predicted molar refractivity (Wildman–Crippen MR) is 113 cm³/mol. The van der Waals surface area contributed by atoms with Gasteiger partial charge in [0.15, 0.2) is 0 Å². The first-order valence-electron chi connectivity index (χ1n) is 10.1. The molecule has 30 heavy (non-hydrogen) atoms. The minimum Gasteiger partial charge on any atom is -0.369 e. The van der Waals surface area contributed by atoms with E-state index in [1.54, 1.807) is 4.90 Å². The molecule has 0 radical (unpaired) electrons. The van der Waals surface area contributed by atoms with Crippen LogP contribution in [0.2, 0.25) is 0 Å². The highest BCUT2D eigenvalue weighted by atomic mass is 16.2. The molecule has 1 saturated heterocycles. The van der Waals surface area contributed by atoms with E-state index in [9.17, 15) is 9.59 Å². The minimum absolute atomic E-state index is 0.178. The van der Waals surface area contributed by atoms with Crippen molar-refractivity contribution in [3.8, 4) is 11.1 Å². The van der Waals surface area contributed by atoms with E-state index in [4.69, 9.17) is 5.73 Å². The van der Waals surface area contributed by atoms with Gasteiger partial charge >= 0.3 is 0 Å². The number of aromatic amines is 1. The van der Waals surface area contributed by atoms with E-state index < -0.39 is 5.41 Å². The number of carbonyl (C=O) groups is 2. The second-order valence-corrected chi connectivity index (χ2v) is 8.05. The third kappa shape index (κ3) is 3.96. The van der Waals surface area contributed by atoms with Crippen molar-refractivity contribution in [2.45, 2.75) is 26.2 Å². The van der Waals surface area contributed by atoms with Crippen molar-refractivity contribution in [1.82, 2.24) is 20.1 Å². The van der Waals surface area contributed by atoms with Crippen LogP contribution in [0.3, 0.4) is 0 Å². The van der Waals surface area contributed by atoms with Crippen LogP contribution in [0.4, 0.5) is 0 Å². The number of hydrogen-bond donors (Lipinski definition) is 2. The number of hydrogen-bond acceptors (Lipinski definition) is 4. The number of primary amides is 1. The van der Waals surface area contributed by atoms with Crippen LogP contribution in [0, 0.1) is 12.3 Å². The number of nitrogens with zero attached hydrogens (tertiary/aromatic N) is 3. The molecule has 1 aliphatic heterocycles. The third-order valence-corrected chi connectivity index (χ3v) is 5.89. The summed E-state index contributed by atoms with van der Waals surface area (Å²) in [6, 6.07) is 16.6. The zero-order valence-electron chi connectivity index (χ0n) is 17.0. The third-order valence-electron chi connectivity index (χ3n) is 5.89. The Morgan fingerprint density at radius 3 is 2.37 bits per heavy atom. The van der Waals surface area contributed by atoms with Crippen molar-refractivity contribution in [1.29, 1.82) is 0 Å². The van der Waals surface area contributed by atoms with Gasteiger partial charge in [-0.2, -0.15) is 5.10 Å². The fourth-order valence-electron chi connectivity index (χ4n) is 4.15. The topological polar surface area (TPSA) is 105 Å². The van der Waals surface area contributed by atoms with E-state index in [0.717, 1.165) is 16.7 Å². The Kier molecular flexibility index (Phi) is 5.35. The first-order valence-corrected chi connectivity index (χ1v) is 10.1. The van der Waals surface area contributed by atoms with Gasteiger partial charge in [0.25, 0.3) is 5.91 Å². The summed E-state index contributed by atoms with van der Waals surface area (Å²) in [6.07, 6.45) is 3.16. The number of H-pyrrole nitrogens is 1. The standard InChI is InChI=1S/C23H25N5O2/c1-16-3-7-18(8-4-16)19-9-5-17(6-10-19)13-23(22(24)30)11-2-12-28(14-23)21(29)20-25-15-26-27-20/h3-10,15H,2,11-14H2,1H3,(H2,24,30)(H,25,26,27)/t23-/m0/s1. The molecule has 1 aromatic heterocycles. The quantitative estimate of drug-likeness (QED) is 0.683. The fraction of sp³-hybridized carbons (Fsp3) is 0.304. The Balaban J connectivity index is 1.53. The molecule has 0 bridgehead atoms. The van der Waals surface area contributed by atoms with Crippen molar-refractivity contribution < 1.29 is 9.59 Å². The van der Waals surface area contributed by atoms with E-state index in [1.807, 2.05) is 12.1 Å². The number of benzene rings is 2. The van der Waals surface area contributed by atoms with Crippen molar-refractivity contribution in [2.24, 2.45) is 11.1 Å². The molecule has 0 aliphatic carbocycles. The molecule has 7 nitrogen and oxygen atoms in total. The number of amides is 2. The summed E-state index contributed by atoms with van der Waals surface area (Å²) >= 11 is 0. The zero-order chi connectivity index (χ0) is 21.1. The number of nitrogens with two attached hydrogens (primary N) is 1. The second-order valence-electron chi connectivity index (χ2n) is 8.05. The first kappa shape index (κ1) is 19.8. The highest BCUT2D eigenvalue weighted by molar-refractivity contribution is 5.91. The summed E-state index contributed by atoms with van der Waals surface area (Å²) in [5, 5.41) is 6.34. The van der Waals surface area contributed by atoms with Gasteiger partial charge in [-0.25, -0.2) is 4.98 Å². The highest BCUT2D eigenvalue weighted by Gasteiger charge is 2.42. The molecule has 154 valence electrons. The van der Waals surface area contributed by atoms with Crippen molar-refractivity contribution in [3.05, 3.63) is 71.8 Å². The average Bonchev–Trinajstić information content (AvgIpc) is 3.29. The van der Waals surface area contributed by atoms with Crippen molar-refractivity contribution in [3.63, 3.8) is 0 Å². The van der Waals surface area contributed by atoms with E-state index in [1.165, 1.54) is 11.9 Å². The maximum absolute atomic E-state index is 12.7. The molecule has 0 unspecified atom stereocenters. The Morgan fingerprint density at radius 1 is 1.10 bits per heavy atom. The van der Waals surface area contributed by atoms with Crippen LogP contribution in [-0.4, -0.2) is 45.0 Å². The maximum Gasteiger partial charge on any atom is 0.291 e. The Morgan fingerprint density at radius 2 is 1.77 bits per heavy atom. The predicted octanol–water partition coefficient (Wildman–Crippen LogP) is 2.73. The number of likely N-dealkylation sites (tertiary alicyclic amines) is 1. The van der Waals surface area contributed by atoms with Crippen LogP contribution >= 0.6 is 0 Å². The van der Waals surface area contributed by atoms with Crippen LogP contribution in [0.5, 0.6) is 0 Å². The molecular formula is C23H25N5O2. The largest absolute Gasteiger partial charge is 0.369 e. The van der Waals surface area contributed by atoms with Crippen LogP contribution in [0.25, 0.3) is 11.1 Å². The Labute approximate surface area is 175 Å². The SMILES string of the molecule is Cc1ccc(-c2ccc(C[C@@]3(C(N)=O)CCCN(C(=O)c4ncn[nH]4)C3)cc2)cc1. The van der Waals surface area contributed by atoms with Gasteiger partial charge in [0.1, 0.15) is 6.33 Å². The van der Waals surface area contributed by atoms with E-state index in [-0.39, 0.29) is 24.2 Å². The number of piperidine rings is 1. The molecule has 4 rings (SSSR count). The van der Waals surface area contributed by atoms with Crippen LogP contribution in [0.15, 0.2) is 54.9 Å². The molecule has 3 aromatic rings. The summed E-state index contributed by atoms with van der Waals surface area (Å²) < 4.78 is 0. The number of aromatic nitrogens is 3. The molecule has 0 saturated carbocycles. The molecule has 2 aromatic carbocycles. The Hall–Kier alpha value is -3.48. The minimum atomic E-state index is -0.792. The number of aryl methyl sites for hydroxylation is 1. The number of rotatable bonds is 5. The van der Waals surface area contributed by atoms with Gasteiger partial charge in [-0.3, -0.25) is 14.7 Å². The van der Waals surface area contributed by atoms with Gasteiger partial charge in [-0.1, -0.05) is 54.1 Å². The summed E-state index contributed by atoms with van der Waals surface area (Å²) in [4.78, 5) is 30.8. The van der Waals surface area contributed by atoms with E-state index in [2.05, 4.69) is 58.5 Å². The van der Waals surface area contributed by atoms with Gasteiger partial charge in [0.05, 0.1) is 5.41 Å². The molecule has 0 spiro atoms. The maximum atomic E-state index is 12.7. The van der Waals surface area contributed by atoms with Gasteiger partial charge < -0.3 is 10.6 Å². The van der Waals surface area contributed by atoms with Crippen LogP contribution in [0.1, 0.15) is 34.6 Å². The normalized spacial score (nSPS) is 18.9. The molecule has 2 heterocycles. The van der Waals surface area contributed by atoms with Crippen LogP contribution in [-0.2, 0) is 11.2 Å². The fourth-order valence-corrected chi connectivity index (χ4v) is 4.15. The highest BCUT2D eigenvalue weighted by Crippen LogP contribution is 2.34. The van der Waals surface area contributed by atoms with Crippen molar-refractivity contribution >= 4 is 11.8 Å². The monoisotopic (exact) mass is 403 g/mol. The van der Waals surface area contributed by atoms with E-state index in [0.29, 0.717) is 25.8 Å². The average molecular weight is 403 g/mol. The lowest BCUT2D eigenvalue weighted by molar-refractivity contribution is -0.130. The van der Waals surface area contributed by atoms with Gasteiger partial charge in [0, 0.05) is 13.1 Å². The smallest absolute Gasteiger partial charge is 0.291 e. The zero-order valence-corrected chi connectivity index (χ0v) is 17.0. The molecule has 1 fully saturated rings. The van der Waals surface area contributed by atoms with Gasteiger partial charge in [-0.15, -0.1) is 0 Å². The molecule has 1 atom stereocenters. The molecule has 3 N–H and O–H groups in total. The summed E-state index contributed by atoms with van der Waals surface area (Å²) in [5.74, 6) is -0.453. The van der Waals surface area contributed by atoms with Crippen molar-refractivity contribution in [2.75, 3.05) is 13.1 Å². The number of carbonyl (C=O) groups excluding carboxylic acids is 2. The molecule has 7 heteroatoms. The van der Waals surface area contributed by atoms with Crippen LogP contribution < -0.4 is 5.73 Å². The molecule has 1 aliphatic rings. The molecular weight excluding hydrogens is 378 g/mol. The second kappa shape index (κ2) is 8.10. The number of nitrogens with one attached hydrogen (secondary N) is 1. The summed E-state index contributed by atoms with van der Waals surface area (Å²) in [5.41, 5.74) is 9.58. The lowest BCUT2D eigenvalue weighted by Crippen LogP contribution is -2.53. The van der Waals surface area contributed by atoms with Gasteiger partial charge in [0.2, 0.25) is 11.7 Å². The first-order chi connectivity index (χ1) is 14.5. The Bertz CT molecular complexity index is 1030. The summed E-state index contributed by atoms with van der Waals surface area (Å²) in [6.45, 7) is 2.92. The van der Waals surface area contributed by atoms with Gasteiger partial charge in [-0.05, 0) is 42.9 Å². The summed E-state index contributed by atoms with van der Waals surface area (Å²) in [7, 11) is 0.